The van der Waals surface area contributed by atoms with Gasteiger partial charge in [0.05, 0.1) is 0 Å². The lowest BCUT2D eigenvalue weighted by atomic mass is 10.0. The molecular weight excluding hydrogens is 96.1 g/mol. The van der Waals surface area contributed by atoms with Gasteiger partial charge in [0.1, 0.15) is 0 Å². The second-order valence-corrected chi connectivity index (χ2v) is 4.24. The minimum absolute atomic E-state index is 1.07. The fraction of sp³-hybridized carbons (Fsp3) is 1.00. The van der Waals surface area contributed by atoms with Crippen LogP contribution in [-0.4, -0.2) is 0 Å². The van der Waals surface area contributed by atoms with E-state index in [1.807, 2.05) is 0 Å². The molecule has 0 radical (unpaired) electrons. The van der Waals surface area contributed by atoms with E-state index >= 15 is 0 Å². The molecule has 0 nitrogen and oxygen atoms in total. The van der Waals surface area contributed by atoms with Crippen LogP contribution in [0.2, 0.25) is 0 Å². The summed E-state index contributed by atoms with van der Waals surface area (Å²) in [6.07, 6.45) is 6.38. The summed E-state index contributed by atoms with van der Waals surface area (Å²) in [5.41, 5.74) is 2.15. The van der Waals surface area contributed by atoms with Crippen molar-refractivity contribution in [1.82, 2.24) is 0 Å². The molecule has 0 heterocycles. The van der Waals surface area contributed by atoms with E-state index in [1.165, 1.54) is 11.8 Å². The van der Waals surface area contributed by atoms with E-state index in [4.69, 9.17) is 0 Å². The van der Waals surface area contributed by atoms with Crippen molar-refractivity contribution in [3.05, 3.63) is 0 Å². The zero-order valence-corrected chi connectivity index (χ0v) is 4.98. The molecule has 5 aliphatic rings. The van der Waals surface area contributed by atoms with E-state index in [0.29, 0.717) is 0 Å². The van der Waals surface area contributed by atoms with Crippen molar-refractivity contribution in [2.75, 3.05) is 0 Å². The number of hydrogen-bond acceptors (Lipinski definition) is 0. The molecule has 0 aromatic heterocycles. The smallest absolute Gasteiger partial charge is 0.0161 e. The van der Waals surface area contributed by atoms with Crippen LogP contribution in [0.1, 0.15) is 25.7 Å². The summed E-state index contributed by atoms with van der Waals surface area (Å²) in [5, 5.41) is 0. The van der Waals surface area contributed by atoms with E-state index in [2.05, 4.69) is 0 Å². The van der Waals surface area contributed by atoms with Gasteiger partial charge in [-0.2, -0.15) is 0 Å². The molecule has 5 aliphatic carbocycles. The first-order valence-electron chi connectivity index (χ1n) is 3.95. The Morgan fingerprint density at radius 1 is 0.875 bits per heavy atom. The number of hydrogen-bond donors (Lipinski definition) is 0. The van der Waals surface area contributed by atoms with Crippen LogP contribution >= 0.6 is 0 Å². The lowest BCUT2D eigenvalue weighted by Gasteiger charge is -2.04. The molecule has 0 N–H and O–H groups in total. The molecule has 5 fully saturated rings. The van der Waals surface area contributed by atoms with Crippen LogP contribution < -0.4 is 0 Å². The Balaban J connectivity index is 1.93. The second kappa shape index (κ2) is 0.521. The van der Waals surface area contributed by atoms with Crippen LogP contribution in [0.15, 0.2) is 0 Å². The predicted molar refractivity (Wildman–Crippen MR) is 30.3 cm³/mol. The van der Waals surface area contributed by atoms with Crippen molar-refractivity contribution in [2.24, 2.45) is 22.7 Å². The summed E-state index contributed by atoms with van der Waals surface area (Å²) in [7, 11) is 0. The van der Waals surface area contributed by atoms with Crippen LogP contribution in [-0.2, 0) is 0 Å². The van der Waals surface area contributed by atoms with Crippen molar-refractivity contribution in [3.63, 3.8) is 0 Å². The highest BCUT2D eigenvalue weighted by Gasteiger charge is 3.17. The summed E-state index contributed by atoms with van der Waals surface area (Å²) in [4.78, 5) is 0. The summed E-state index contributed by atoms with van der Waals surface area (Å²) >= 11 is 0. The molecule has 0 aromatic rings. The Bertz CT molecular complexity index is 162. The van der Waals surface area contributed by atoms with Crippen molar-refractivity contribution in [2.45, 2.75) is 25.7 Å². The lowest BCUT2D eigenvalue weighted by molar-refractivity contribution is 0.480. The summed E-state index contributed by atoms with van der Waals surface area (Å²) < 4.78 is 0. The zero-order valence-electron chi connectivity index (χ0n) is 4.98. The van der Waals surface area contributed by atoms with E-state index in [1.54, 1.807) is 25.7 Å². The van der Waals surface area contributed by atoms with E-state index in [9.17, 15) is 0 Å². The first kappa shape index (κ1) is 3.24. The van der Waals surface area contributed by atoms with Gasteiger partial charge in [-0.15, -0.1) is 0 Å². The summed E-state index contributed by atoms with van der Waals surface area (Å²) in [6.45, 7) is 0. The van der Waals surface area contributed by atoms with Gasteiger partial charge in [-0.25, -0.2) is 0 Å². The minimum Gasteiger partial charge on any atom is -0.0527 e. The number of rotatable bonds is 0. The first-order valence-corrected chi connectivity index (χ1v) is 3.95. The Morgan fingerprint density at radius 2 is 1.38 bits per heavy atom. The van der Waals surface area contributed by atoms with Gasteiger partial charge in [-0.1, -0.05) is 12.8 Å². The van der Waals surface area contributed by atoms with Gasteiger partial charge in [-0.05, 0) is 35.5 Å². The monoisotopic (exact) mass is 106 g/mol. The van der Waals surface area contributed by atoms with Gasteiger partial charge in [0.25, 0.3) is 0 Å². The van der Waals surface area contributed by atoms with Gasteiger partial charge in [0, 0.05) is 0 Å². The van der Waals surface area contributed by atoms with E-state index < -0.39 is 0 Å². The summed E-state index contributed by atoms with van der Waals surface area (Å²) in [5.74, 6) is 2.63. The molecule has 0 unspecified atom stereocenters. The van der Waals surface area contributed by atoms with Gasteiger partial charge in [-0.3, -0.25) is 0 Å². The Labute approximate surface area is 49.3 Å². The Hall–Kier alpha value is 0. The second-order valence-electron chi connectivity index (χ2n) is 4.24. The maximum Gasteiger partial charge on any atom is -0.0161 e. The minimum atomic E-state index is 1.07. The van der Waals surface area contributed by atoms with Crippen molar-refractivity contribution in [1.29, 1.82) is 0 Å². The van der Waals surface area contributed by atoms with Gasteiger partial charge >= 0.3 is 0 Å². The highest BCUT2D eigenvalue weighted by Crippen LogP contribution is 3.21. The van der Waals surface area contributed by atoms with Crippen LogP contribution in [0.3, 0.4) is 0 Å². The highest BCUT2D eigenvalue weighted by molar-refractivity contribution is 5.63. The van der Waals surface area contributed by atoms with Crippen LogP contribution in [0.25, 0.3) is 0 Å². The molecule has 2 spiro atoms. The topological polar surface area (TPSA) is 0 Å². The summed E-state index contributed by atoms with van der Waals surface area (Å²) in [6, 6.07) is 0. The fourth-order valence-corrected chi connectivity index (χ4v) is 3.88. The quantitative estimate of drug-likeness (QED) is 0.441. The molecule has 5 rings (SSSR count). The Kier molecular flexibility index (Phi) is 0.211. The van der Waals surface area contributed by atoms with Gasteiger partial charge in [0.2, 0.25) is 0 Å². The molecule has 0 amide bonds. The van der Waals surface area contributed by atoms with E-state index in [0.717, 1.165) is 10.8 Å². The maximum atomic E-state index is 1.63. The normalized spacial score (nSPS) is 87.0. The predicted octanol–water partition coefficient (Wildman–Crippen LogP) is 1.81. The molecule has 0 aromatic carbocycles. The Morgan fingerprint density at radius 3 is 1.75 bits per heavy atom. The molecule has 0 heteroatoms. The fourth-order valence-electron chi connectivity index (χ4n) is 3.88. The SMILES string of the molecule is C1CCC23C4C2C43C1. The third kappa shape index (κ3) is 0.104. The van der Waals surface area contributed by atoms with Gasteiger partial charge < -0.3 is 0 Å². The van der Waals surface area contributed by atoms with Crippen molar-refractivity contribution >= 4 is 0 Å². The highest BCUT2D eigenvalue weighted by atomic mass is 15.2. The van der Waals surface area contributed by atoms with Crippen LogP contribution in [0.5, 0.6) is 0 Å². The van der Waals surface area contributed by atoms with E-state index in [-0.39, 0.29) is 0 Å². The van der Waals surface area contributed by atoms with Crippen molar-refractivity contribution in [3.8, 4) is 0 Å². The molecule has 42 valence electrons. The molecule has 0 saturated heterocycles. The molecule has 0 atom stereocenters. The third-order valence-electron chi connectivity index (χ3n) is 4.47. The zero-order chi connectivity index (χ0) is 4.98. The van der Waals surface area contributed by atoms with Gasteiger partial charge in [0.15, 0.2) is 0 Å². The molecular formula is C8H10. The molecule has 0 aliphatic heterocycles. The largest absolute Gasteiger partial charge is 0.0527 e. The molecule has 5 saturated carbocycles. The third-order valence-corrected chi connectivity index (χ3v) is 4.47. The van der Waals surface area contributed by atoms with Crippen LogP contribution in [0.4, 0.5) is 0 Å². The molecule has 8 heavy (non-hydrogen) atoms. The lowest BCUT2D eigenvalue weighted by Crippen LogP contribution is -1.91. The average molecular weight is 106 g/mol. The molecule has 0 bridgehead atoms. The van der Waals surface area contributed by atoms with Crippen LogP contribution in [0, 0.1) is 22.7 Å². The maximum absolute atomic E-state index is 1.63. The van der Waals surface area contributed by atoms with Crippen molar-refractivity contribution < 1.29 is 0 Å². The average Bonchev–Trinajstić information content (AvgIpc) is 2.63. The standard InChI is InChI=1S/C8H10/c1-2-4-8-5-6(8)7(5,8)3-1/h5-6H,1-4H2. The first-order chi connectivity index (χ1) is 3.95.